The first-order valence-electron chi connectivity index (χ1n) is 3.77. The quantitative estimate of drug-likeness (QED) is 0.576. The van der Waals surface area contributed by atoms with Gasteiger partial charge in [-0.25, -0.2) is 4.39 Å². The summed E-state index contributed by atoms with van der Waals surface area (Å²) < 4.78 is 14.6. The number of hydrogen-bond acceptors (Lipinski definition) is 2. The van der Waals surface area contributed by atoms with Gasteiger partial charge in [0.2, 0.25) is 0 Å². The molecule has 2 aromatic rings. The molecule has 0 saturated heterocycles. The molecule has 2 radical (unpaired) electrons. The van der Waals surface area contributed by atoms with E-state index < -0.39 is 5.82 Å². The lowest BCUT2D eigenvalue weighted by Gasteiger charge is -1.97. The lowest BCUT2D eigenvalue weighted by atomic mass is 9.94. The number of benzene rings is 1. The van der Waals surface area contributed by atoms with Crippen LogP contribution in [-0.2, 0) is 7.05 Å². The minimum atomic E-state index is -0.466. The molecule has 2 rings (SSSR count). The van der Waals surface area contributed by atoms with Crippen molar-refractivity contribution in [2.24, 2.45) is 7.05 Å². The molecule has 0 atom stereocenters. The minimum absolute atomic E-state index is 0.107. The van der Waals surface area contributed by atoms with E-state index >= 15 is 0 Å². The molecule has 0 unspecified atom stereocenters. The summed E-state index contributed by atoms with van der Waals surface area (Å²) in [7, 11) is 7.14. The Morgan fingerprint density at radius 1 is 1.54 bits per heavy atom. The summed E-state index contributed by atoms with van der Waals surface area (Å²) >= 11 is 0. The van der Waals surface area contributed by atoms with Crippen molar-refractivity contribution in [3.8, 4) is 0 Å². The van der Waals surface area contributed by atoms with Crippen LogP contribution in [0.4, 0.5) is 10.2 Å². The predicted molar refractivity (Wildman–Crippen MR) is 50.5 cm³/mol. The topological polar surface area (TPSA) is 43.8 Å². The van der Waals surface area contributed by atoms with Crippen LogP contribution >= 0.6 is 0 Å². The SMILES string of the molecule is [B]c1cc2c(cc1F)c(N)nn2C. The summed E-state index contributed by atoms with van der Waals surface area (Å²) in [4.78, 5) is 0. The van der Waals surface area contributed by atoms with E-state index in [-0.39, 0.29) is 5.46 Å². The number of halogens is 1. The molecule has 0 aliphatic carbocycles. The standard InChI is InChI=1S/C8H7BFN3/c1-13-7-3-5(9)6(10)2-4(7)8(11)12-13/h2-3H,1H3,(H2,11,12). The fraction of sp³-hybridized carbons (Fsp3) is 0.125. The highest BCUT2D eigenvalue weighted by Crippen LogP contribution is 2.18. The van der Waals surface area contributed by atoms with Crippen LogP contribution in [0.1, 0.15) is 0 Å². The van der Waals surface area contributed by atoms with Gasteiger partial charge in [-0.15, -0.1) is 0 Å². The van der Waals surface area contributed by atoms with E-state index in [2.05, 4.69) is 5.10 Å². The number of hydrogen-bond donors (Lipinski definition) is 1. The van der Waals surface area contributed by atoms with Gasteiger partial charge in [-0.3, -0.25) is 4.68 Å². The van der Waals surface area contributed by atoms with Crippen molar-refractivity contribution < 1.29 is 4.39 Å². The molecule has 2 N–H and O–H groups in total. The van der Waals surface area contributed by atoms with Crippen LogP contribution in [-0.4, -0.2) is 17.6 Å². The van der Waals surface area contributed by atoms with Crippen molar-refractivity contribution in [1.82, 2.24) is 9.78 Å². The van der Waals surface area contributed by atoms with Crippen LogP contribution < -0.4 is 11.2 Å². The van der Waals surface area contributed by atoms with Crippen LogP contribution in [0.2, 0.25) is 0 Å². The van der Waals surface area contributed by atoms with Gasteiger partial charge in [0.1, 0.15) is 13.7 Å². The number of nitrogen functional groups attached to an aromatic ring is 1. The molecule has 0 bridgehead atoms. The molecule has 1 heterocycles. The Hall–Kier alpha value is -1.52. The van der Waals surface area contributed by atoms with E-state index in [0.29, 0.717) is 11.2 Å². The van der Waals surface area contributed by atoms with Crippen LogP contribution in [0.15, 0.2) is 12.1 Å². The number of aryl methyl sites for hydroxylation is 1. The molecule has 0 amide bonds. The van der Waals surface area contributed by atoms with Gasteiger partial charge in [0.15, 0.2) is 5.82 Å². The monoisotopic (exact) mass is 175 g/mol. The number of anilines is 1. The van der Waals surface area contributed by atoms with Gasteiger partial charge in [0.05, 0.1) is 5.52 Å². The van der Waals surface area contributed by atoms with Crippen LogP contribution in [0.25, 0.3) is 10.9 Å². The molecule has 0 aliphatic rings. The van der Waals surface area contributed by atoms with Crippen molar-refractivity contribution in [3.63, 3.8) is 0 Å². The normalized spacial score (nSPS) is 10.9. The Balaban J connectivity index is 2.91. The van der Waals surface area contributed by atoms with E-state index in [1.54, 1.807) is 11.7 Å². The van der Waals surface area contributed by atoms with E-state index in [9.17, 15) is 4.39 Å². The minimum Gasteiger partial charge on any atom is -0.382 e. The molecule has 13 heavy (non-hydrogen) atoms. The maximum atomic E-state index is 13.0. The fourth-order valence-corrected chi connectivity index (χ4v) is 1.32. The fourth-order valence-electron chi connectivity index (χ4n) is 1.32. The molecule has 0 fully saturated rings. The third-order valence-electron chi connectivity index (χ3n) is 2.00. The molecule has 64 valence electrons. The van der Waals surface area contributed by atoms with Crippen molar-refractivity contribution >= 4 is 30.0 Å². The maximum absolute atomic E-state index is 13.0. The molecule has 5 heteroatoms. The first-order valence-corrected chi connectivity index (χ1v) is 3.77. The number of nitrogens with zero attached hydrogens (tertiary/aromatic N) is 2. The van der Waals surface area contributed by atoms with E-state index in [0.717, 1.165) is 5.52 Å². The summed E-state index contributed by atoms with van der Waals surface area (Å²) in [6.07, 6.45) is 0. The zero-order valence-electron chi connectivity index (χ0n) is 7.08. The first kappa shape index (κ1) is 8.10. The third kappa shape index (κ3) is 1.08. The lowest BCUT2D eigenvalue weighted by Crippen LogP contribution is -2.08. The van der Waals surface area contributed by atoms with Crippen molar-refractivity contribution in [1.29, 1.82) is 0 Å². The van der Waals surface area contributed by atoms with Gasteiger partial charge in [-0.2, -0.15) is 5.10 Å². The molecule has 1 aromatic heterocycles. The molecular weight excluding hydrogens is 168 g/mol. The Kier molecular flexibility index (Phi) is 1.55. The summed E-state index contributed by atoms with van der Waals surface area (Å²) in [6, 6.07) is 2.82. The Morgan fingerprint density at radius 2 is 2.23 bits per heavy atom. The highest BCUT2D eigenvalue weighted by molar-refractivity contribution is 6.33. The molecule has 0 spiro atoms. The van der Waals surface area contributed by atoms with Gasteiger partial charge >= 0.3 is 0 Å². The predicted octanol–water partition coefficient (Wildman–Crippen LogP) is 0.0884. The first-order chi connectivity index (χ1) is 6.09. The van der Waals surface area contributed by atoms with Crippen LogP contribution in [0.5, 0.6) is 0 Å². The van der Waals surface area contributed by atoms with Crippen LogP contribution in [0, 0.1) is 5.82 Å². The summed E-state index contributed by atoms with van der Waals surface area (Å²) in [6.45, 7) is 0. The number of rotatable bonds is 0. The second kappa shape index (κ2) is 2.48. The highest BCUT2D eigenvalue weighted by Gasteiger charge is 2.07. The summed E-state index contributed by atoms with van der Waals surface area (Å²) in [5, 5.41) is 4.54. The van der Waals surface area contributed by atoms with Gasteiger partial charge in [-0.1, -0.05) is 5.46 Å². The molecular formula is C8H7BFN3. The smallest absolute Gasteiger partial charge is 0.153 e. The largest absolute Gasteiger partial charge is 0.382 e. The molecule has 3 nitrogen and oxygen atoms in total. The number of aromatic nitrogens is 2. The molecule has 1 aromatic carbocycles. The van der Waals surface area contributed by atoms with Gasteiger partial charge in [-0.05, 0) is 12.1 Å². The zero-order valence-corrected chi connectivity index (χ0v) is 7.08. The average Bonchev–Trinajstić information content (AvgIpc) is 2.31. The molecule has 0 aliphatic heterocycles. The summed E-state index contributed by atoms with van der Waals surface area (Å²) in [5.74, 6) is -0.149. The van der Waals surface area contributed by atoms with Crippen LogP contribution in [0.3, 0.4) is 0 Å². The van der Waals surface area contributed by atoms with Crippen molar-refractivity contribution in [2.75, 3.05) is 5.73 Å². The Labute approximate surface area is 75.7 Å². The Bertz CT molecular complexity index is 436. The average molecular weight is 175 g/mol. The van der Waals surface area contributed by atoms with Gasteiger partial charge in [0.25, 0.3) is 0 Å². The summed E-state index contributed by atoms with van der Waals surface area (Å²) in [5.41, 5.74) is 6.40. The number of fused-ring (bicyclic) bond motifs is 1. The van der Waals surface area contributed by atoms with Gasteiger partial charge in [0, 0.05) is 12.4 Å². The highest BCUT2D eigenvalue weighted by atomic mass is 19.1. The van der Waals surface area contributed by atoms with E-state index in [4.69, 9.17) is 13.6 Å². The van der Waals surface area contributed by atoms with E-state index in [1.165, 1.54) is 12.1 Å². The molecule has 0 saturated carbocycles. The third-order valence-corrected chi connectivity index (χ3v) is 2.00. The lowest BCUT2D eigenvalue weighted by molar-refractivity contribution is 0.638. The zero-order chi connectivity index (χ0) is 9.59. The number of nitrogens with two attached hydrogens (primary N) is 1. The maximum Gasteiger partial charge on any atom is 0.153 e. The van der Waals surface area contributed by atoms with Crippen molar-refractivity contribution in [3.05, 3.63) is 17.9 Å². The second-order valence-electron chi connectivity index (χ2n) is 2.90. The van der Waals surface area contributed by atoms with E-state index in [1.807, 2.05) is 0 Å². The van der Waals surface area contributed by atoms with Crippen molar-refractivity contribution in [2.45, 2.75) is 0 Å². The Morgan fingerprint density at radius 3 is 2.92 bits per heavy atom. The second-order valence-corrected chi connectivity index (χ2v) is 2.90. The van der Waals surface area contributed by atoms with Gasteiger partial charge < -0.3 is 5.73 Å².